The summed E-state index contributed by atoms with van der Waals surface area (Å²) >= 11 is 2.22. The molecule has 0 spiro atoms. The van der Waals surface area contributed by atoms with Crippen molar-refractivity contribution < 1.29 is 24.7 Å². The van der Waals surface area contributed by atoms with Crippen LogP contribution in [0.1, 0.15) is 0 Å². The van der Waals surface area contributed by atoms with E-state index in [4.69, 9.17) is 9.13 Å². The Morgan fingerprint density at radius 1 is 1.50 bits per heavy atom. The van der Waals surface area contributed by atoms with Gasteiger partial charge in [0.05, 0.1) is 0 Å². The summed E-state index contributed by atoms with van der Waals surface area (Å²) in [7, 11) is 0. The summed E-state index contributed by atoms with van der Waals surface area (Å²) in [6, 6.07) is 0. The Labute approximate surface area is 31.8 Å². The van der Waals surface area contributed by atoms with Gasteiger partial charge in [0.1, 0.15) is 0 Å². The molecule has 0 saturated carbocycles. The van der Waals surface area contributed by atoms with Gasteiger partial charge in [0.15, 0.2) is 0 Å². The number of hydrogen-bond donors (Lipinski definition) is 0. The normalized spacial score (nSPS) is 6.25. The van der Waals surface area contributed by atoms with Gasteiger partial charge in [-0.3, -0.25) is 0 Å². The van der Waals surface area contributed by atoms with Crippen LogP contribution in [0.4, 0.5) is 0 Å². The van der Waals surface area contributed by atoms with Gasteiger partial charge in [-0.15, -0.1) is 0 Å². The molecule has 0 radical (unpaired) electrons. The third-order valence-electron chi connectivity index (χ3n) is 0. The van der Waals surface area contributed by atoms with Crippen molar-refractivity contribution in [2.24, 2.45) is 0 Å². The Morgan fingerprint density at radius 3 is 1.50 bits per heavy atom. The van der Waals surface area contributed by atoms with Crippen LogP contribution in [-0.2, 0) is 24.7 Å². The summed E-state index contributed by atoms with van der Waals surface area (Å²) in [6.07, 6.45) is -2.31. The first-order valence-electron chi connectivity index (χ1n) is 0.534. The minimum absolute atomic E-state index is 2.22. The van der Waals surface area contributed by atoms with Crippen LogP contribution >= 0.6 is 6.37 Å². The molecule has 0 amide bonds. The molecule has 0 fully saturated rings. The summed E-state index contributed by atoms with van der Waals surface area (Å²) in [5.74, 6) is 0. The maximum absolute atomic E-state index is 8.95. The second-order valence-electron chi connectivity index (χ2n) is 0.213. The van der Waals surface area contributed by atoms with Crippen LogP contribution in [-0.4, -0.2) is 0 Å². The monoisotopic (exact) mass is 118 g/mol. The Balaban J connectivity index is 3.51. The fraction of sp³-hybridized carbons (Fsp3) is 0. The first-order chi connectivity index (χ1) is 1.73. The zero-order valence-corrected chi connectivity index (χ0v) is 3.72. The van der Waals surface area contributed by atoms with Crippen molar-refractivity contribution in [2.45, 2.75) is 0 Å². The van der Waals surface area contributed by atoms with Crippen molar-refractivity contribution in [3.8, 4) is 0 Å². The molecule has 4 heavy (non-hydrogen) atoms. The molecular formula is MnO2P. The molecule has 0 aliphatic carbocycles. The summed E-state index contributed by atoms with van der Waals surface area (Å²) in [5.41, 5.74) is 0. The van der Waals surface area contributed by atoms with Gasteiger partial charge in [0, 0.05) is 0 Å². The zero-order valence-electron chi connectivity index (χ0n) is 1.64. The van der Waals surface area contributed by atoms with E-state index in [2.05, 4.69) is 15.6 Å². The van der Waals surface area contributed by atoms with Gasteiger partial charge in [-0.25, -0.2) is 0 Å². The van der Waals surface area contributed by atoms with E-state index in [0.29, 0.717) is 0 Å². The summed E-state index contributed by atoms with van der Waals surface area (Å²) in [4.78, 5) is 0. The van der Waals surface area contributed by atoms with Crippen LogP contribution in [0.5, 0.6) is 0 Å². The Bertz CT molecular complexity index is 54.4. The molecule has 0 rings (SSSR count). The van der Waals surface area contributed by atoms with Crippen molar-refractivity contribution >= 4 is 6.37 Å². The first-order valence-corrected chi connectivity index (χ1v) is 3.19. The molecule has 0 unspecified atom stereocenters. The topological polar surface area (TPSA) is 34.1 Å². The fourth-order valence-electron chi connectivity index (χ4n) is 0. The van der Waals surface area contributed by atoms with Gasteiger partial charge in [-0.05, 0) is 0 Å². The molecule has 0 aliphatic rings. The van der Waals surface area contributed by atoms with Crippen molar-refractivity contribution in [3.05, 3.63) is 0 Å². The SMILES string of the molecule is O=[P](=O)[Mn]. The number of hydrogen-bond acceptors (Lipinski definition) is 2. The van der Waals surface area contributed by atoms with Crippen LogP contribution in [0.25, 0.3) is 0 Å². The number of rotatable bonds is 0. The maximum atomic E-state index is 8.95. The predicted octanol–water partition coefficient (Wildman–Crippen LogP) is 0.621. The average Bonchev–Trinajstić information content (AvgIpc) is 0.811. The van der Waals surface area contributed by atoms with Gasteiger partial charge >= 0.3 is 31.1 Å². The van der Waals surface area contributed by atoms with Gasteiger partial charge < -0.3 is 0 Å². The second kappa shape index (κ2) is 1.71. The summed E-state index contributed by atoms with van der Waals surface area (Å²) in [6.45, 7) is 0. The Hall–Kier alpha value is 0.419. The minimum atomic E-state index is -2.31. The van der Waals surface area contributed by atoms with Gasteiger partial charge in [0.2, 0.25) is 0 Å². The molecule has 0 heterocycles. The van der Waals surface area contributed by atoms with Crippen LogP contribution in [0.2, 0.25) is 0 Å². The van der Waals surface area contributed by atoms with E-state index in [1.807, 2.05) is 0 Å². The van der Waals surface area contributed by atoms with E-state index in [-0.39, 0.29) is 0 Å². The average molecular weight is 118 g/mol. The van der Waals surface area contributed by atoms with Crippen LogP contribution in [0.3, 0.4) is 0 Å². The first kappa shape index (κ1) is 4.42. The summed E-state index contributed by atoms with van der Waals surface area (Å²) in [5, 5.41) is 0. The molecule has 0 aromatic carbocycles. The molecule has 4 heteroatoms. The van der Waals surface area contributed by atoms with E-state index in [9.17, 15) is 0 Å². The molecule has 0 bridgehead atoms. The van der Waals surface area contributed by atoms with Crippen LogP contribution in [0.15, 0.2) is 0 Å². The van der Waals surface area contributed by atoms with E-state index in [1.54, 1.807) is 0 Å². The molecular weight excluding hydrogens is 118 g/mol. The summed E-state index contributed by atoms with van der Waals surface area (Å²) < 4.78 is 17.9. The quantitative estimate of drug-likeness (QED) is 0.345. The van der Waals surface area contributed by atoms with E-state index in [1.165, 1.54) is 0 Å². The third kappa shape index (κ3) is 27.7. The molecule has 0 atom stereocenters. The fourth-order valence-corrected chi connectivity index (χ4v) is 0. The van der Waals surface area contributed by atoms with Crippen molar-refractivity contribution in [1.82, 2.24) is 0 Å². The zero-order chi connectivity index (χ0) is 3.58. The Kier molecular flexibility index (Phi) is 1.89. The molecule has 2 nitrogen and oxygen atoms in total. The van der Waals surface area contributed by atoms with Gasteiger partial charge in [0.25, 0.3) is 0 Å². The van der Waals surface area contributed by atoms with E-state index in [0.717, 1.165) is 0 Å². The molecule has 0 saturated heterocycles. The predicted molar refractivity (Wildman–Crippen MR) is 8.29 cm³/mol. The van der Waals surface area contributed by atoms with E-state index < -0.39 is 6.37 Å². The molecule has 0 N–H and O–H groups in total. The third-order valence-corrected chi connectivity index (χ3v) is 0. The molecule has 24 valence electrons. The van der Waals surface area contributed by atoms with Crippen molar-refractivity contribution in [1.29, 1.82) is 0 Å². The molecule has 0 aromatic rings. The van der Waals surface area contributed by atoms with Gasteiger partial charge in [-0.2, -0.15) is 0 Å². The van der Waals surface area contributed by atoms with Crippen LogP contribution in [0, 0.1) is 0 Å². The van der Waals surface area contributed by atoms with Gasteiger partial charge in [-0.1, -0.05) is 0 Å². The molecule has 0 aliphatic heterocycles. The molecule has 0 aromatic heterocycles. The standard InChI is InChI=1S/Mn.O2P/c;1-3-2. The Morgan fingerprint density at radius 2 is 1.50 bits per heavy atom. The van der Waals surface area contributed by atoms with Crippen LogP contribution < -0.4 is 0 Å². The van der Waals surface area contributed by atoms with Crippen molar-refractivity contribution in [3.63, 3.8) is 0 Å². The second-order valence-corrected chi connectivity index (χ2v) is 1.93. The van der Waals surface area contributed by atoms with E-state index >= 15 is 0 Å². The van der Waals surface area contributed by atoms with Crippen molar-refractivity contribution in [2.75, 3.05) is 0 Å².